The van der Waals surface area contributed by atoms with Gasteiger partial charge in [0.25, 0.3) is 0 Å². The molecule has 1 N–H and O–H groups in total. The maximum atomic E-state index is 11.8. The van der Waals surface area contributed by atoms with Gasteiger partial charge < -0.3 is 0 Å². The van der Waals surface area contributed by atoms with Gasteiger partial charge in [-0.05, 0) is 6.07 Å². The van der Waals surface area contributed by atoms with Crippen LogP contribution in [0.25, 0.3) is 10.9 Å². The largest absolute Gasteiger partial charge is 0.416 e. The Hall–Kier alpha value is -2.37. The summed E-state index contributed by atoms with van der Waals surface area (Å²) in [4.78, 5) is 3.93. The Labute approximate surface area is 107 Å². The number of benzene rings is 1. The summed E-state index contributed by atoms with van der Waals surface area (Å²) in [6.07, 6.45) is 1.06. The molecule has 3 aromatic rings. The van der Waals surface area contributed by atoms with Crippen LogP contribution in [0.3, 0.4) is 0 Å². The zero-order chi connectivity index (χ0) is 13.7. The lowest BCUT2D eigenvalue weighted by molar-refractivity contribution is -0.137. The van der Waals surface area contributed by atoms with E-state index in [4.69, 9.17) is 0 Å². The highest BCUT2D eigenvalue weighted by Crippen LogP contribution is 2.28. The normalized spacial score (nSPS) is 10.9. The molecule has 0 fully saturated rings. The molecule has 0 saturated carbocycles. The molecule has 3 rings (SSSR count). The number of nitrogens with zero attached hydrogens (tertiary/aromatic N) is 2. The molecule has 0 radical (unpaired) electrons. The van der Waals surface area contributed by atoms with E-state index < -0.39 is 11.7 Å². The highest BCUT2D eigenvalue weighted by Gasteiger charge is 2.29. The van der Waals surface area contributed by atoms with Gasteiger partial charge in [0.05, 0.1) is 17.3 Å². The lowest BCUT2D eigenvalue weighted by Gasteiger charge is -2.03. The van der Waals surface area contributed by atoms with Crippen LogP contribution >= 0.6 is 0 Å². The molecule has 0 amide bonds. The number of halogens is 3. The molecular formula is C13H10F3N3. The van der Waals surface area contributed by atoms with Gasteiger partial charge in [-0.3, -0.25) is 10.1 Å². The highest BCUT2D eigenvalue weighted by atomic mass is 19.4. The molecule has 98 valence electrons. The first-order valence-corrected chi connectivity index (χ1v) is 5.43. The number of nitrogens with one attached hydrogen (secondary N) is 1. The van der Waals surface area contributed by atoms with E-state index in [1.165, 1.54) is 12.1 Å². The summed E-state index contributed by atoms with van der Waals surface area (Å²) in [6, 6.07) is 8.25. The van der Waals surface area contributed by atoms with Gasteiger partial charge in [-0.25, -0.2) is 0 Å². The number of aromatic nitrogens is 3. The fourth-order valence-corrected chi connectivity index (χ4v) is 1.41. The third kappa shape index (κ3) is 3.54. The van der Waals surface area contributed by atoms with Gasteiger partial charge in [-0.15, -0.1) is 0 Å². The molecule has 0 bridgehead atoms. The van der Waals surface area contributed by atoms with Gasteiger partial charge in [0.1, 0.15) is 0 Å². The Balaban J connectivity index is 0.000000141. The van der Waals surface area contributed by atoms with Crippen molar-refractivity contribution in [3.63, 3.8) is 0 Å². The molecule has 2 aromatic heterocycles. The molecule has 1 aromatic carbocycles. The third-order valence-electron chi connectivity index (χ3n) is 2.34. The Kier molecular flexibility index (Phi) is 3.79. The molecule has 0 spiro atoms. The highest BCUT2D eigenvalue weighted by molar-refractivity contribution is 5.75. The molecule has 0 saturated heterocycles. The maximum absolute atomic E-state index is 11.8. The molecule has 0 aliphatic carbocycles. The van der Waals surface area contributed by atoms with Crippen LogP contribution in [0.15, 0.2) is 55.0 Å². The summed E-state index contributed by atoms with van der Waals surface area (Å²) >= 11 is 0. The Bertz CT molecular complexity index is 602. The standard InChI is InChI=1S/C7H5F3.C6H5N3/c8-7(9,10)6-4-2-1-3-5-6;1-2-7-3-5-4-8-9-6(1)5/h1-5H;1-4H,(H,8,9). The molecule has 0 unspecified atom stereocenters. The first kappa shape index (κ1) is 13.1. The van der Waals surface area contributed by atoms with E-state index in [1.807, 2.05) is 6.07 Å². The summed E-state index contributed by atoms with van der Waals surface area (Å²) in [6.45, 7) is 0. The SMILES string of the molecule is FC(F)(F)c1ccccc1.c1cc2[nH]ncc2cn1. The molecule has 3 nitrogen and oxygen atoms in total. The number of hydrogen-bond donors (Lipinski definition) is 1. The Morgan fingerprint density at radius 3 is 2.26 bits per heavy atom. The van der Waals surface area contributed by atoms with Crippen LogP contribution in [-0.4, -0.2) is 15.2 Å². The van der Waals surface area contributed by atoms with Crippen LogP contribution in [0.2, 0.25) is 0 Å². The summed E-state index contributed by atoms with van der Waals surface area (Å²) in [7, 11) is 0. The van der Waals surface area contributed by atoms with Gasteiger partial charge in [0.15, 0.2) is 0 Å². The van der Waals surface area contributed by atoms with Crippen LogP contribution < -0.4 is 0 Å². The van der Waals surface area contributed by atoms with Crippen LogP contribution in [-0.2, 0) is 6.18 Å². The predicted octanol–water partition coefficient (Wildman–Crippen LogP) is 3.66. The second-order valence-corrected chi connectivity index (χ2v) is 3.70. The van der Waals surface area contributed by atoms with Gasteiger partial charge in [-0.1, -0.05) is 30.3 Å². The van der Waals surface area contributed by atoms with Crippen molar-refractivity contribution in [3.05, 3.63) is 60.6 Å². The van der Waals surface area contributed by atoms with Crippen LogP contribution in [0.4, 0.5) is 13.2 Å². The number of alkyl halides is 3. The van der Waals surface area contributed by atoms with Crippen molar-refractivity contribution in [2.24, 2.45) is 0 Å². The Morgan fingerprint density at radius 2 is 1.68 bits per heavy atom. The maximum Gasteiger partial charge on any atom is 0.416 e. The zero-order valence-corrected chi connectivity index (χ0v) is 9.72. The van der Waals surface area contributed by atoms with Crippen molar-refractivity contribution in [1.29, 1.82) is 0 Å². The fourth-order valence-electron chi connectivity index (χ4n) is 1.41. The lowest BCUT2D eigenvalue weighted by atomic mass is 10.2. The average Bonchev–Trinajstić information content (AvgIpc) is 2.88. The zero-order valence-electron chi connectivity index (χ0n) is 9.72. The lowest BCUT2D eigenvalue weighted by Crippen LogP contribution is -2.03. The topological polar surface area (TPSA) is 41.6 Å². The number of hydrogen-bond acceptors (Lipinski definition) is 2. The summed E-state index contributed by atoms with van der Waals surface area (Å²) in [5.74, 6) is 0. The summed E-state index contributed by atoms with van der Waals surface area (Å²) < 4.78 is 35.4. The number of aromatic amines is 1. The number of rotatable bonds is 0. The molecule has 6 heteroatoms. The molecule has 0 aliphatic rings. The van der Waals surface area contributed by atoms with E-state index in [9.17, 15) is 13.2 Å². The predicted molar refractivity (Wildman–Crippen MR) is 65.3 cm³/mol. The second-order valence-electron chi connectivity index (χ2n) is 3.70. The van der Waals surface area contributed by atoms with Crippen molar-refractivity contribution in [2.75, 3.05) is 0 Å². The van der Waals surface area contributed by atoms with Crippen LogP contribution in [0.1, 0.15) is 5.56 Å². The van der Waals surface area contributed by atoms with Crippen molar-refractivity contribution in [3.8, 4) is 0 Å². The van der Waals surface area contributed by atoms with Gasteiger partial charge >= 0.3 is 6.18 Å². The smallest absolute Gasteiger partial charge is 0.278 e. The van der Waals surface area contributed by atoms with Crippen molar-refractivity contribution in [2.45, 2.75) is 6.18 Å². The fraction of sp³-hybridized carbons (Fsp3) is 0.0769. The minimum Gasteiger partial charge on any atom is -0.278 e. The van der Waals surface area contributed by atoms with Gasteiger partial charge in [0.2, 0.25) is 0 Å². The van der Waals surface area contributed by atoms with Gasteiger partial charge in [-0.2, -0.15) is 18.3 Å². The third-order valence-corrected chi connectivity index (χ3v) is 2.34. The minimum absolute atomic E-state index is 0.602. The van der Waals surface area contributed by atoms with E-state index in [2.05, 4.69) is 15.2 Å². The first-order chi connectivity index (χ1) is 9.07. The minimum atomic E-state index is -4.21. The van der Waals surface area contributed by atoms with E-state index in [0.29, 0.717) is 0 Å². The van der Waals surface area contributed by atoms with Crippen molar-refractivity contribution >= 4 is 10.9 Å². The van der Waals surface area contributed by atoms with E-state index in [1.54, 1.807) is 24.7 Å². The molecule has 2 heterocycles. The summed E-state index contributed by atoms with van der Waals surface area (Å²) in [5.41, 5.74) is 0.431. The second kappa shape index (κ2) is 5.51. The number of H-pyrrole nitrogens is 1. The van der Waals surface area contributed by atoms with Crippen LogP contribution in [0, 0.1) is 0 Å². The molecule has 0 atom stereocenters. The Morgan fingerprint density at radius 1 is 0.947 bits per heavy atom. The van der Waals surface area contributed by atoms with Crippen LogP contribution in [0.5, 0.6) is 0 Å². The van der Waals surface area contributed by atoms with E-state index >= 15 is 0 Å². The number of pyridine rings is 1. The molecule has 19 heavy (non-hydrogen) atoms. The first-order valence-electron chi connectivity index (χ1n) is 5.43. The van der Waals surface area contributed by atoms with Crippen molar-refractivity contribution < 1.29 is 13.2 Å². The number of fused-ring (bicyclic) bond motifs is 1. The quantitative estimate of drug-likeness (QED) is 0.674. The van der Waals surface area contributed by atoms with Gasteiger partial charge in [0, 0.05) is 17.8 Å². The van der Waals surface area contributed by atoms with E-state index in [0.717, 1.165) is 23.0 Å². The monoisotopic (exact) mass is 265 g/mol. The molecule has 0 aliphatic heterocycles. The molecular weight excluding hydrogens is 255 g/mol. The van der Waals surface area contributed by atoms with Crippen molar-refractivity contribution in [1.82, 2.24) is 15.2 Å². The average molecular weight is 265 g/mol. The summed E-state index contributed by atoms with van der Waals surface area (Å²) in [5, 5.41) is 7.72. The van der Waals surface area contributed by atoms with E-state index in [-0.39, 0.29) is 0 Å².